The number of ether oxygens (including phenoxy) is 2. The molecule has 0 atom stereocenters. The summed E-state index contributed by atoms with van der Waals surface area (Å²) in [6.45, 7) is 10.6. The molecule has 0 aliphatic rings. The first-order valence-electron chi connectivity index (χ1n) is 14.4. The van der Waals surface area contributed by atoms with Gasteiger partial charge in [0.1, 0.15) is 0 Å². The second kappa shape index (κ2) is 12.6. The van der Waals surface area contributed by atoms with Crippen LogP contribution < -0.4 is 15.9 Å². The average molecular weight is 663 g/mol. The van der Waals surface area contributed by atoms with Gasteiger partial charge in [0.25, 0.3) is 0 Å². The molecule has 0 saturated heterocycles. The summed E-state index contributed by atoms with van der Waals surface area (Å²) in [5, 5.41) is 0.383. The Bertz CT molecular complexity index is 1420. The first kappa shape index (κ1) is 32.4. The molecule has 4 aromatic carbocycles. The maximum atomic E-state index is 13.2. The van der Waals surface area contributed by atoms with Crippen LogP contribution in [0.15, 0.2) is 115 Å². The Morgan fingerprint density at radius 2 is 0.977 bits per heavy atom. The fraction of sp³-hybridized carbons (Fsp3) is 0.278. The zero-order chi connectivity index (χ0) is 31.3. The molecule has 2 amide bonds. The van der Waals surface area contributed by atoms with Gasteiger partial charge in [-0.1, -0.05) is 0 Å². The van der Waals surface area contributed by atoms with Crippen LogP contribution in [0.4, 0.5) is 9.59 Å². The van der Waals surface area contributed by atoms with Gasteiger partial charge < -0.3 is 0 Å². The zero-order valence-electron chi connectivity index (χ0n) is 25.8. The normalized spacial score (nSPS) is 13.0. The number of nitrogens with zero attached hydrogens (tertiary/aromatic N) is 1. The number of hydrogen-bond acceptors (Lipinski definition) is 4. The van der Waals surface area contributed by atoms with Gasteiger partial charge in [-0.15, -0.1) is 0 Å². The van der Waals surface area contributed by atoms with E-state index in [0.717, 1.165) is 16.0 Å². The number of amides is 2. The van der Waals surface area contributed by atoms with Crippen LogP contribution in [-0.4, -0.2) is 28.3 Å². The van der Waals surface area contributed by atoms with Crippen molar-refractivity contribution in [1.82, 2.24) is 4.90 Å². The zero-order valence-corrected chi connectivity index (χ0v) is 28.3. The van der Waals surface area contributed by atoms with E-state index in [1.165, 1.54) is 15.9 Å². The molecule has 43 heavy (non-hydrogen) atoms. The molecule has 0 spiro atoms. The fourth-order valence-electron chi connectivity index (χ4n) is 5.13. The van der Waals surface area contributed by atoms with Crippen molar-refractivity contribution in [2.24, 2.45) is 0 Å². The molecule has 0 bridgehead atoms. The monoisotopic (exact) mass is 661 g/mol. The minimum absolute atomic E-state index is 0.0118. The van der Waals surface area contributed by atoms with Crippen molar-refractivity contribution < 1.29 is 19.1 Å². The molecule has 4 rings (SSSR count). The van der Waals surface area contributed by atoms with E-state index in [1.807, 2.05) is 30.3 Å². The van der Waals surface area contributed by atoms with Gasteiger partial charge in [-0.2, -0.15) is 0 Å². The minimum atomic E-state index is -3.24. The molecular weight excluding hydrogens is 621 g/mol. The van der Waals surface area contributed by atoms with E-state index in [9.17, 15) is 9.59 Å². The van der Waals surface area contributed by atoms with E-state index in [0.29, 0.717) is 6.16 Å². The van der Waals surface area contributed by atoms with Crippen LogP contribution in [0.1, 0.15) is 52.7 Å². The van der Waals surface area contributed by atoms with Crippen LogP contribution in [0.5, 0.6) is 0 Å². The Balaban J connectivity index is 1.82. The SMILES string of the molecule is CC(C)(C)OC(=O)N(Cc1cccc(CP(Br)(c2ccccc2)(c2ccccc2)c2ccccc2)c1)C(=O)OC(C)(C)C. The molecule has 0 N–H and O–H groups in total. The first-order valence-corrected chi connectivity index (χ1v) is 18.8. The molecule has 5 nitrogen and oxygen atoms in total. The number of imide groups is 1. The van der Waals surface area contributed by atoms with E-state index in [2.05, 4.69) is 100 Å². The van der Waals surface area contributed by atoms with Crippen molar-refractivity contribution in [3.05, 3.63) is 126 Å². The van der Waals surface area contributed by atoms with Gasteiger partial charge in [0, 0.05) is 0 Å². The van der Waals surface area contributed by atoms with Crippen LogP contribution in [-0.2, 0) is 22.2 Å². The molecule has 0 fully saturated rings. The summed E-state index contributed by atoms with van der Waals surface area (Å²) in [7, 11) is 0. The molecule has 0 unspecified atom stereocenters. The average Bonchev–Trinajstić information content (AvgIpc) is 2.95. The standard InChI is InChI=1S/C36H41BrNO4P/c1-35(2,3)41-33(39)38(34(40)42-36(4,5)6)26-28-17-16-18-29(25-28)27-43(37,30-19-10-7-11-20-30,31-21-12-8-13-22-31)32-23-14-9-15-24-32/h7-25H,26-27H2,1-6H3. The number of hydrogen-bond donors (Lipinski definition) is 0. The van der Waals surface area contributed by atoms with E-state index >= 15 is 0 Å². The fourth-order valence-corrected chi connectivity index (χ4v) is 12.8. The summed E-state index contributed by atoms with van der Waals surface area (Å²) < 4.78 is 11.2. The van der Waals surface area contributed by atoms with Crippen molar-refractivity contribution in [3.63, 3.8) is 0 Å². The van der Waals surface area contributed by atoms with Gasteiger partial charge in [-0.3, -0.25) is 0 Å². The molecule has 0 aliphatic heterocycles. The van der Waals surface area contributed by atoms with Gasteiger partial charge in [0.05, 0.1) is 0 Å². The van der Waals surface area contributed by atoms with Crippen LogP contribution >= 0.6 is 20.8 Å². The van der Waals surface area contributed by atoms with E-state index in [4.69, 9.17) is 9.47 Å². The van der Waals surface area contributed by atoms with Crippen molar-refractivity contribution >= 4 is 48.9 Å². The van der Waals surface area contributed by atoms with E-state index in [1.54, 1.807) is 41.5 Å². The molecule has 0 heterocycles. The van der Waals surface area contributed by atoms with Crippen molar-refractivity contribution in [3.8, 4) is 0 Å². The first-order chi connectivity index (χ1) is 20.2. The summed E-state index contributed by atoms with van der Waals surface area (Å²) in [5.41, 5.74) is 0.318. The number of benzene rings is 4. The Morgan fingerprint density at radius 3 is 1.35 bits per heavy atom. The quantitative estimate of drug-likeness (QED) is 0.186. The summed E-state index contributed by atoms with van der Waals surface area (Å²) in [4.78, 5) is 27.5. The van der Waals surface area contributed by atoms with Crippen molar-refractivity contribution in [2.45, 2.75) is 65.5 Å². The maximum absolute atomic E-state index is 13.2. The van der Waals surface area contributed by atoms with E-state index < -0.39 is 28.7 Å². The molecule has 0 saturated carbocycles. The summed E-state index contributed by atoms with van der Waals surface area (Å²) in [5.74, 6) is 0. The second-order valence-electron chi connectivity index (χ2n) is 12.7. The third-order valence-electron chi connectivity index (χ3n) is 6.92. The molecule has 226 valence electrons. The van der Waals surface area contributed by atoms with Gasteiger partial charge in [-0.25, -0.2) is 0 Å². The van der Waals surface area contributed by atoms with Gasteiger partial charge in [-0.05, 0) is 0 Å². The van der Waals surface area contributed by atoms with Gasteiger partial charge in [0.15, 0.2) is 0 Å². The molecule has 0 aromatic heterocycles. The van der Waals surface area contributed by atoms with Crippen LogP contribution in [0.3, 0.4) is 0 Å². The summed E-state index contributed by atoms with van der Waals surface area (Å²) >= 11 is 4.51. The van der Waals surface area contributed by atoms with Crippen LogP contribution in [0, 0.1) is 0 Å². The number of carbonyl (C=O) groups excluding carboxylic acids is 2. The topological polar surface area (TPSA) is 55.8 Å². The predicted octanol–water partition coefficient (Wildman–Crippen LogP) is 8.70. The Labute approximate surface area is 263 Å². The van der Waals surface area contributed by atoms with Crippen LogP contribution in [0.2, 0.25) is 0 Å². The molecule has 0 radical (unpaired) electrons. The van der Waals surface area contributed by atoms with Crippen LogP contribution in [0.25, 0.3) is 0 Å². The predicted molar refractivity (Wildman–Crippen MR) is 182 cm³/mol. The third kappa shape index (κ3) is 7.55. The Hall–Kier alpha value is -3.47. The molecular formula is C36H41BrNO4P. The summed E-state index contributed by atoms with van der Waals surface area (Å²) in [6, 6.07) is 39.9. The number of halogens is 1. The molecule has 4 aromatic rings. The molecule has 0 aliphatic carbocycles. The van der Waals surface area contributed by atoms with Crippen molar-refractivity contribution in [2.75, 3.05) is 0 Å². The number of carbonyl (C=O) groups is 2. The third-order valence-corrected chi connectivity index (χ3v) is 16.4. The van der Waals surface area contributed by atoms with E-state index in [-0.39, 0.29) is 6.54 Å². The molecule has 7 heteroatoms. The Morgan fingerprint density at radius 1 is 0.605 bits per heavy atom. The number of rotatable bonds is 7. The summed E-state index contributed by atoms with van der Waals surface area (Å²) in [6.07, 6.45) is -0.814. The van der Waals surface area contributed by atoms with Gasteiger partial charge >= 0.3 is 265 Å². The Kier molecular flexibility index (Phi) is 9.54. The second-order valence-corrected chi connectivity index (χ2v) is 21.6. The van der Waals surface area contributed by atoms with Crippen molar-refractivity contribution in [1.29, 1.82) is 0 Å². The van der Waals surface area contributed by atoms with Gasteiger partial charge in [0.2, 0.25) is 0 Å².